The average Bonchev–Trinajstić information content (AvgIpc) is 2.29. The summed E-state index contributed by atoms with van der Waals surface area (Å²) in [6.45, 7) is 9.63. The van der Waals surface area contributed by atoms with Gasteiger partial charge in [0.05, 0.1) is 5.69 Å². The lowest BCUT2D eigenvalue weighted by Crippen LogP contribution is -2.23. The van der Waals surface area contributed by atoms with E-state index in [1.165, 1.54) is 5.69 Å². The van der Waals surface area contributed by atoms with Crippen LogP contribution in [0.25, 0.3) is 0 Å². The molecule has 0 radical (unpaired) electrons. The van der Waals surface area contributed by atoms with E-state index in [-0.39, 0.29) is 0 Å². The maximum Gasteiger partial charge on any atom is 0.0562 e. The highest BCUT2D eigenvalue weighted by Gasteiger charge is 2.04. The summed E-state index contributed by atoms with van der Waals surface area (Å²) in [4.78, 5) is 6.67. The van der Waals surface area contributed by atoms with Crippen LogP contribution < -0.4 is 10.2 Å². The molecule has 1 heterocycles. The molecule has 0 bridgehead atoms. The summed E-state index contributed by atoms with van der Waals surface area (Å²) >= 11 is 0. The molecule has 0 unspecified atom stereocenters. The van der Waals surface area contributed by atoms with Gasteiger partial charge in [-0.3, -0.25) is 4.98 Å². The van der Waals surface area contributed by atoms with Crippen LogP contribution in [0.2, 0.25) is 0 Å². The van der Waals surface area contributed by atoms with Gasteiger partial charge in [-0.25, -0.2) is 0 Å². The minimum Gasteiger partial charge on any atom is -0.374 e. The largest absolute Gasteiger partial charge is 0.374 e. The molecule has 0 fully saturated rings. The van der Waals surface area contributed by atoms with Gasteiger partial charge in [0.1, 0.15) is 0 Å². The van der Waals surface area contributed by atoms with E-state index in [2.05, 4.69) is 55.2 Å². The van der Waals surface area contributed by atoms with E-state index in [1.807, 2.05) is 6.20 Å². The smallest absolute Gasteiger partial charge is 0.0562 e. The molecule has 3 nitrogen and oxygen atoms in total. The summed E-state index contributed by atoms with van der Waals surface area (Å²) in [5.74, 6) is 0.676. The SMILES string of the molecule is CCCNCc1cc(N(C)CC(C)C)ccn1. The van der Waals surface area contributed by atoms with Crippen LogP contribution in [0.15, 0.2) is 18.3 Å². The Morgan fingerprint density at radius 1 is 1.41 bits per heavy atom. The molecule has 0 spiro atoms. The minimum atomic E-state index is 0.676. The molecule has 1 aromatic heterocycles. The lowest BCUT2D eigenvalue weighted by Gasteiger charge is -2.21. The number of hydrogen-bond donors (Lipinski definition) is 1. The predicted molar refractivity (Wildman–Crippen MR) is 74.3 cm³/mol. The molecule has 0 aliphatic heterocycles. The molecule has 0 amide bonds. The van der Waals surface area contributed by atoms with Gasteiger partial charge in [0, 0.05) is 32.0 Å². The standard InChI is InChI=1S/C14H25N3/c1-5-7-15-10-13-9-14(6-8-16-13)17(4)11-12(2)3/h6,8-9,12,15H,5,7,10-11H2,1-4H3. The quantitative estimate of drug-likeness (QED) is 0.736. The van der Waals surface area contributed by atoms with E-state index < -0.39 is 0 Å². The molecule has 0 aromatic carbocycles. The Balaban J connectivity index is 2.58. The van der Waals surface area contributed by atoms with E-state index in [0.29, 0.717) is 5.92 Å². The Labute approximate surface area is 105 Å². The van der Waals surface area contributed by atoms with E-state index >= 15 is 0 Å². The zero-order valence-electron chi connectivity index (χ0n) is 11.5. The van der Waals surface area contributed by atoms with Crippen LogP contribution in [0.1, 0.15) is 32.9 Å². The molecule has 0 aliphatic rings. The van der Waals surface area contributed by atoms with Crippen molar-refractivity contribution >= 4 is 5.69 Å². The molecule has 96 valence electrons. The Hall–Kier alpha value is -1.09. The summed E-state index contributed by atoms with van der Waals surface area (Å²) in [5.41, 5.74) is 2.37. The van der Waals surface area contributed by atoms with Gasteiger partial charge < -0.3 is 10.2 Å². The van der Waals surface area contributed by atoms with Crippen molar-refractivity contribution in [3.8, 4) is 0 Å². The zero-order chi connectivity index (χ0) is 12.7. The first-order valence-corrected chi connectivity index (χ1v) is 6.50. The van der Waals surface area contributed by atoms with Crippen LogP contribution in [0.3, 0.4) is 0 Å². The van der Waals surface area contributed by atoms with Crippen LogP contribution in [0.4, 0.5) is 5.69 Å². The molecular formula is C14H25N3. The molecule has 17 heavy (non-hydrogen) atoms. The summed E-state index contributed by atoms with van der Waals surface area (Å²) in [5, 5.41) is 3.38. The van der Waals surface area contributed by atoms with E-state index in [1.54, 1.807) is 0 Å². The average molecular weight is 235 g/mol. The number of aromatic nitrogens is 1. The van der Waals surface area contributed by atoms with Crippen molar-refractivity contribution in [2.24, 2.45) is 5.92 Å². The molecule has 0 saturated carbocycles. The number of rotatable bonds is 7. The Kier molecular flexibility index (Phi) is 5.98. The Morgan fingerprint density at radius 2 is 2.18 bits per heavy atom. The monoisotopic (exact) mass is 235 g/mol. The maximum atomic E-state index is 4.38. The number of hydrogen-bond acceptors (Lipinski definition) is 3. The Bertz CT molecular complexity index is 323. The van der Waals surface area contributed by atoms with Gasteiger partial charge in [-0.05, 0) is 31.0 Å². The molecule has 0 aliphatic carbocycles. The highest BCUT2D eigenvalue weighted by molar-refractivity contribution is 5.45. The Morgan fingerprint density at radius 3 is 2.82 bits per heavy atom. The fraction of sp³-hybridized carbons (Fsp3) is 0.643. The van der Waals surface area contributed by atoms with Crippen molar-refractivity contribution in [1.29, 1.82) is 0 Å². The van der Waals surface area contributed by atoms with Gasteiger partial charge in [0.15, 0.2) is 0 Å². The molecule has 0 atom stereocenters. The lowest BCUT2D eigenvalue weighted by atomic mass is 10.2. The zero-order valence-corrected chi connectivity index (χ0v) is 11.5. The third-order valence-electron chi connectivity index (χ3n) is 2.61. The fourth-order valence-corrected chi connectivity index (χ4v) is 1.85. The predicted octanol–water partition coefficient (Wildman–Crippen LogP) is 2.67. The molecular weight excluding hydrogens is 210 g/mol. The van der Waals surface area contributed by atoms with E-state index in [9.17, 15) is 0 Å². The molecule has 0 saturated heterocycles. The number of anilines is 1. The highest BCUT2D eigenvalue weighted by atomic mass is 15.1. The van der Waals surface area contributed by atoms with Crippen molar-refractivity contribution < 1.29 is 0 Å². The third-order valence-corrected chi connectivity index (χ3v) is 2.61. The van der Waals surface area contributed by atoms with Gasteiger partial charge >= 0.3 is 0 Å². The van der Waals surface area contributed by atoms with Crippen LogP contribution in [0.5, 0.6) is 0 Å². The second-order valence-corrected chi connectivity index (χ2v) is 4.96. The van der Waals surface area contributed by atoms with Crippen molar-refractivity contribution in [2.45, 2.75) is 33.7 Å². The summed E-state index contributed by atoms with van der Waals surface area (Å²) in [6.07, 6.45) is 3.06. The first kappa shape index (κ1) is 14.0. The van der Waals surface area contributed by atoms with Crippen molar-refractivity contribution in [1.82, 2.24) is 10.3 Å². The first-order valence-electron chi connectivity index (χ1n) is 6.50. The summed E-state index contributed by atoms with van der Waals surface area (Å²) < 4.78 is 0. The van der Waals surface area contributed by atoms with Gasteiger partial charge in [-0.15, -0.1) is 0 Å². The third kappa shape index (κ3) is 5.18. The molecule has 1 N–H and O–H groups in total. The lowest BCUT2D eigenvalue weighted by molar-refractivity contribution is 0.636. The maximum absolute atomic E-state index is 4.38. The number of pyridine rings is 1. The van der Waals surface area contributed by atoms with Crippen LogP contribution >= 0.6 is 0 Å². The summed E-state index contributed by atoms with van der Waals surface area (Å²) in [7, 11) is 2.14. The second-order valence-electron chi connectivity index (χ2n) is 4.96. The molecule has 1 rings (SSSR count). The van der Waals surface area contributed by atoms with E-state index in [0.717, 1.165) is 31.7 Å². The number of nitrogens with one attached hydrogen (secondary N) is 1. The normalized spacial score (nSPS) is 10.9. The molecule has 1 aromatic rings. The fourth-order valence-electron chi connectivity index (χ4n) is 1.85. The first-order chi connectivity index (χ1) is 8.13. The van der Waals surface area contributed by atoms with Crippen molar-refractivity contribution in [3.05, 3.63) is 24.0 Å². The highest BCUT2D eigenvalue weighted by Crippen LogP contribution is 2.14. The van der Waals surface area contributed by atoms with Crippen LogP contribution in [-0.4, -0.2) is 25.1 Å². The minimum absolute atomic E-state index is 0.676. The van der Waals surface area contributed by atoms with Gasteiger partial charge in [-0.2, -0.15) is 0 Å². The van der Waals surface area contributed by atoms with Crippen molar-refractivity contribution in [3.63, 3.8) is 0 Å². The van der Waals surface area contributed by atoms with Gasteiger partial charge in [0.25, 0.3) is 0 Å². The van der Waals surface area contributed by atoms with Crippen molar-refractivity contribution in [2.75, 3.05) is 25.0 Å². The molecule has 3 heteroatoms. The van der Waals surface area contributed by atoms with Gasteiger partial charge in [-0.1, -0.05) is 20.8 Å². The summed E-state index contributed by atoms with van der Waals surface area (Å²) in [6, 6.07) is 4.25. The van der Waals surface area contributed by atoms with Crippen LogP contribution in [-0.2, 0) is 6.54 Å². The van der Waals surface area contributed by atoms with Gasteiger partial charge in [0.2, 0.25) is 0 Å². The number of nitrogens with zero attached hydrogens (tertiary/aromatic N) is 2. The topological polar surface area (TPSA) is 28.2 Å². The van der Waals surface area contributed by atoms with E-state index in [4.69, 9.17) is 0 Å². The second kappa shape index (κ2) is 7.28. The van der Waals surface area contributed by atoms with Crippen LogP contribution in [0, 0.1) is 5.92 Å².